The van der Waals surface area contributed by atoms with Gasteiger partial charge in [0.05, 0.1) is 10.9 Å². The predicted octanol–water partition coefficient (Wildman–Crippen LogP) is 1.56. The number of aromatic nitrogens is 2. The lowest BCUT2D eigenvalue weighted by Crippen LogP contribution is -2.27. The molecule has 0 fully saturated rings. The van der Waals surface area contributed by atoms with Gasteiger partial charge in [-0.05, 0) is 25.1 Å². The topological polar surface area (TPSA) is 85.1 Å². The minimum absolute atomic E-state index is 0.153. The summed E-state index contributed by atoms with van der Waals surface area (Å²) in [6.45, 7) is 3.17. The van der Waals surface area contributed by atoms with Crippen LogP contribution in [0.15, 0.2) is 33.7 Å². The highest BCUT2D eigenvalue weighted by molar-refractivity contribution is 7.89. The van der Waals surface area contributed by atoms with Gasteiger partial charge in [0.15, 0.2) is 5.82 Å². The number of nitrogens with one attached hydrogen (secondary N) is 1. The molecule has 6 nitrogen and oxygen atoms in total. The molecule has 0 amide bonds. The number of nitrogens with zero attached hydrogens (tertiary/aromatic N) is 2. The Hall–Kier alpha value is -1.80. The molecule has 2 rings (SSSR count). The molecule has 0 saturated heterocycles. The van der Waals surface area contributed by atoms with E-state index >= 15 is 0 Å². The van der Waals surface area contributed by atoms with E-state index in [1.165, 1.54) is 18.2 Å². The molecule has 1 atom stereocenters. The molecule has 0 radical (unpaired) electrons. The first kappa shape index (κ1) is 13.6. The lowest BCUT2D eigenvalue weighted by molar-refractivity contribution is 0.383. The van der Waals surface area contributed by atoms with Gasteiger partial charge in [-0.15, -0.1) is 0 Å². The van der Waals surface area contributed by atoms with Crippen molar-refractivity contribution in [1.29, 1.82) is 0 Å². The number of sulfonamides is 1. The summed E-state index contributed by atoms with van der Waals surface area (Å²) in [6, 6.07) is 4.07. The first-order valence-electron chi connectivity index (χ1n) is 5.46. The standard InChI is InChI=1S/C11H12FN3O3S/c1-7(11-13-8(2)18-14-11)15-19(16,17)10-5-3-4-9(12)6-10/h3-7,15H,1-2H3. The molecular weight excluding hydrogens is 273 g/mol. The Morgan fingerprint density at radius 3 is 2.74 bits per heavy atom. The van der Waals surface area contributed by atoms with Gasteiger partial charge in [0.1, 0.15) is 5.82 Å². The van der Waals surface area contributed by atoms with E-state index in [1.807, 2.05) is 0 Å². The molecule has 0 bridgehead atoms. The molecule has 19 heavy (non-hydrogen) atoms. The van der Waals surface area contributed by atoms with Crippen molar-refractivity contribution >= 4 is 10.0 Å². The van der Waals surface area contributed by atoms with E-state index in [0.717, 1.165) is 6.07 Å². The molecule has 1 unspecified atom stereocenters. The molecule has 0 spiro atoms. The van der Waals surface area contributed by atoms with Crippen LogP contribution >= 0.6 is 0 Å². The quantitative estimate of drug-likeness (QED) is 0.921. The van der Waals surface area contributed by atoms with E-state index in [1.54, 1.807) is 13.8 Å². The first-order valence-corrected chi connectivity index (χ1v) is 6.95. The van der Waals surface area contributed by atoms with E-state index in [0.29, 0.717) is 5.89 Å². The lowest BCUT2D eigenvalue weighted by atomic mass is 10.3. The largest absolute Gasteiger partial charge is 0.340 e. The Morgan fingerprint density at radius 1 is 1.42 bits per heavy atom. The summed E-state index contributed by atoms with van der Waals surface area (Å²) >= 11 is 0. The van der Waals surface area contributed by atoms with Gasteiger partial charge in [-0.1, -0.05) is 11.2 Å². The van der Waals surface area contributed by atoms with Gasteiger partial charge < -0.3 is 4.52 Å². The summed E-state index contributed by atoms with van der Waals surface area (Å²) in [6.07, 6.45) is 0. The first-order chi connectivity index (χ1) is 8.88. The van der Waals surface area contributed by atoms with Crippen molar-refractivity contribution in [3.63, 3.8) is 0 Å². The zero-order valence-electron chi connectivity index (χ0n) is 10.3. The smallest absolute Gasteiger partial charge is 0.241 e. The number of hydrogen-bond donors (Lipinski definition) is 1. The summed E-state index contributed by atoms with van der Waals surface area (Å²) in [5.74, 6) is -0.0600. The molecule has 1 N–H and O–H groups in total. The maximum atomic E-state index is 13.0. The van der Waals surface area contributed by atoms with Gasteiger partial charge in [0.2, 0.25) is 15.9 Å². The third-order valence-electron chi connectivity index (χ3n) is 2.37. The van der Waals surface area contributed by atoms with Crippen LogP contribution in [-0.4, -0.2) is 18.6 Å². The van der Waals surface area contributed by atoms with E-state index in [2.05, 4.69) is 14.9 Å². The van der Waals surface area contributed by atoms with E-state index in [4.69, 9.17) is 4.52 Å². The minimum atomic E-state index is -3.83. The van der Waals surface area contributed by atoms with Crippen LogP contribution < -0.4 is 4.72 Å². The van der Waals surface area contributed by atoms with Crippen LogP contribution in [-0.2, 0) is 10.0 Å². The van der Waals surface area contributed by atoms with Gasteiger partial charge in [-0.3, -0.25) is 0 Å². The fraction of sp³-hybridized carbons (Fsp3) is 0.273. The molecule has 0 aliphatic heterocycles. The third kappa shape index (κ3) is 3.15. The molecular formula is C11H12FN3O3S. The predicted molar refractivity (Wildman–Crippen MR) is 64.2 cm³/mol. The zero-order valence-corrected chi connectivity index (χ0v) is 11.1. The van der Waals surface area contributed by atoms with Crippen molar-refractivity contribution in [1.82, 2.24) is 14.9 Å². The number of halogens is 1. The van der Waals surface area contributed by atoms with Crippen molar-refractivity contribution in [2.75, 3.05) is 0 Å². The van der Waals surface area contributed by atoms with Crippen molar-refractivity contribution in [3.05, 3.63) is 41.8 Å². The molecule has 0 aliphatic rings. The molecule has 8 heteroatoms. The Labute approximate surface area is 109 Å². The summed E-state index contributed by atoms with van der Waals surface area (Å²) in [4.78, 5) is 3.77. The van der Waals surface area contributed by atoms with Gasteiger partial charge in [-0.25, -0.2) is 17.5 Å². The normalized spacial score (nSPS) is 13.4. The van der Waals surface area contributed by atoms with Crippen molar-refractivity contribution in [2.45, 2.75) is 24.8 Å². The van der Waals surface area contributed by atoms with Crippen LogP contribution in [0.5, 0.6) is 0 Å². The summed E-state index contributed by atoms with van der Waals surface area (Å²) in [5, 5.41) is 3.62. The Kier molecular flexibility index (Phi) is 3.63. The van der Waals surface area contributed by atoms with E-state index in [9.17, 15) is 12.8 Å². The highest BCUT2D eigenvalue weighted by Crippen LogP contribution is 2.15. The molecule has 1 aromatic carbocycles. The average molecular weight is 285 g/mol. The van der Waals surface area contributed by atoms with E-state index < -0.39 is 21.9 Å². The van der Waals surface area contributed by atoms with Crippen LogP contribution in [0.3, 0.4) is 0 Å². The molecule has 1 aromatic heterocycles. The van der Waals surface area contributed by atoms with E-state index in [-0.39, 0.29) is 10.7 Å². The molecule has 2 aromatic rings. The fourth-order valence-electron chi connectivity index (χ4n) is 1.48. The Balaban J connectivity index is 2.22. The van der Waals surface area contributed by atoms with Gasteiger partial charge in [-0.2, -0.15) is 4.98 Å². The zero-order chi connectivity index (χ0) is 14.0. The lowest BCUT2D eigenvalue weighted by Gasteiger charge is -2.10. The highest BCUT2D eigenvalue weighted by atomic mass is 32.2. The van der Waals surface area contributed by atoms with Crippen LogP contribution in [0.1, 0.15) is 24.7 Å². The van der Waals surface area contributed by atoms with Crippen LogP contribution in [0.25, 0.3) is 0 Å². The molecule has 1 heterocycles. The molecule has 102 valence electrons. The van der Waals surface area contributed by atoms with Gasteiger partial charge >= 0.3 is 0 Å². The molecule has 0 aliphatic carbocycles. The summed E-state index contributed by atoms with van der Waals surface area (Å²) in [5.41, 5.74) is 0. The number of benzene rings is 1. The van der Waals surface area contributed by atoms with Crippen LogP contribution in [0, 0.1) is 12.7 Å². The molecule has 0 saturated carbocycles. The summed E-state index contributed by atoms with van der Waals surface area (Å²) in [7, 11) is -3.83. The summed E-state index contributed by atoms with van der Waals surface area (Å²) < 4.78 is 44.2. The third-order valence-corrected chi connectivity index (χ3v) is 3.91. The van der Waals surface area contributed by atoms with Gasteiger partial charge in [0.25, 0.3) is 0 Å². The van der Waals surface area contributed by atoms with Crippen LogP contribution in [0.2, 0.25) is 0 Å². The van der Waals surface area contributed by atoms with Crippen molar-refractivity contribution < 1.29 is 17.3 Å². The monoisotopic (exact) mass is 285 g/mol. The van der Waals surface area contributed by atoms with Gasteiger partial charge in [0, 0.05) is 6.92 Å². The highest BCUT2D eigenvalue weighted by Gasteiger charge is 2.21. The number of hydrogen-bond acceptors (Lipinski definition) is 5. The Bertz CT molecular complexity index is 684. The minimum Gasteiger partial charge on any atom is -0.340 e. The van der Waals surface area contributed by atoms with Crippen molar-refractivity contribution in [2.24, 2.45) is 0 Å². The second-order valence-electron chi connectivity index (χ2n) is 3.97. The fourth-order valence-corrected chi connectivity index (χ4v) is 2.71. The second kappa shape index (κ2) is 5.06. The second-order valence-corrected chi connectivity index (χ2v) is 5.69. The van der Waals surface area contributed by atoms with Crippen molar-refractivity contribution in [3.8, 4) is 0 Å². The number of aryl methyl sites for hydroxylation is 1. The maximum absolute atomic E-state index is 13.0. The number of rotatable bonds is 4. The Morgan fingerprint density at radius 2 is 2.16 bits per heavy atom. The SMILES string of the molecule is Cc1nc(C(C)NS(=O)(=O)c2cccc(F)c2)no1. The van der Waals surface area contributed by atoms with Crippen LogP contribution in [0.4, 0.5) is 4.39 Å². The maximum Gasteiger partial charge on any atom is 0.241 e. The average Bonchev–Trinajstić information content (AvgIpc) is 2.75.